The molecular weight excluding hydrogens is 186 g/mol. The zero-order valence-electron chi connectivity index (χ0n) is 9.29. The molecule has 0 spiro atoms. The lowest BCUT2D eigenvalue weighted by atomic mass is 10.2. The lowest BCUT2D eigenvalue weighted by molar-refractivity contribution is 0.270. The molecule has 0 bridgehead atoms. The Morgan fingerprint density at radius 3 is 2.73 bits per heavy atom. The minimum Gasteiger partial charge on any atom is -0.492 e. The van der Waals surface area contributed by atoms with Crippen LogP contribution in [0.25, 0.3) is 0 Å². The molecule has 2 N–H and O–H groups in total. The fourth-order valence-corrected chi connectivity index (χ4v) is 1.10. The zero-order valence-corrected chi connectivity index (χ0v) is 9.29. The van der Waals surface area contributed by atoms with Crippen molar-refractivity contribution >= 4 is 0 Å². The lowest BCUT2D eigenvalue weighted by Crippen LogP contribution is -2.05. The monoisotopic (exact) mass is 203 g/mol. The van der Waals surface area contributed by atoms with E-state index < -0.39 is 0 Å². The fourth-order valence-electron chi connectivity index (χ4n) is 1.10. The van der Waals surface area contributed by atoms with Gasteiger partial charge in [0, 0.05) is 0 Å². The molecule has 0 unspecified atom stereocenters. The molecule has 0 aliphatic heterocycles. The van der Waals surface area contributed by atoms with Crippen molar-refractivity contribution < 1.29 is 4.74 Å². The van der Waals surface area contributed by atoms with Gasteiger partial charge in [-0.15, -0.1) is 0 Å². The van der Waals surface area contributed by atoms with E-state index in [2.05, 4.69) is 25.7 Å². The number of hydrogen-bond donors (Lipinski definition) is 1. The SMILES string of the molecule is CC(C)COc1ccccc1C#CCN. The van der Waals surface area contributed by atoms with E-state index in [0.29, 0.717) is 19.1 Å². The average molecular weight is 203 g/mol. The van der Waals surface area contributed by atoms with Crippen LogP contribution in [-0.2, 0) is 0 Å². The van der Waals surface area contributed by atoms with E-state index in [4.69, 9.17) is 10.5 Å². The molecular formula is C13H17NO. The summed E-state index contributed by atoms with van der Waals surface area (Å²) in [6.07, 6.45) is 0. The van der Waals surface area contributed by atoms with Crippen molar-refractivity contribution in [2.75, 3.05) is 13.2 Å². The minimum atomic E-state index is 0.374. The summed E-state index contributed by atoms with van der Waals surface area (Å²) >= 11 is 0. The van der Waals surface area contributed by atoms with Crippen molar-refractivity contribution in [3.8, 4) is 17.6 Å². The normalized spacial score (nSPS) is 9.60. The van der Waals surface area contributed by atoms with Gasteiger partial charge in [0.05, 0.1) is 18.7 Å². The molecule has 1 rings (SSSR count). The predicted molar refractivity (Wildman–Crippen MR) is 62.7 cm³/mol. The first-order chi connectivity index (χ1) is 7.24. The van der Waals surface area contributed by atoms with Crippen molar-refractivity contribution in [1.29, 1.82) is 0 Å². The first-order valence-electron chi connectivity index (χ1n) is 5.14. The smallest absolute Gasteiger partial charge is 0.134 e. The number of hydrogen-bond acceptors (Lipinski definition) is 2. The highest BCUT2D eigenvalue weighted by atomic mass is 16.5. The third kappa shape index (κ3) is 4.05. The molecule has 0 aliphatic carbocycles. The Bertz CT molecular complexity index is 360. The van der Waals surface area contributed by atoms with Crippen LogP contribution < -0.4 is 10.5 Å². The summed E-state index contributed by atoms with van der Waals surface area (Å²) in [5.74, 6) is 7.18. The van der Waals surface area contributed by atoms with Crippen LogP contribution in [0.3, 0.4) is 0 Å². The third-order valence-electron chi connectivity index (χ3n) is 1.78. The second-order valence-corrected chi connectivity index (χ2v) is 3.71. The maximum absolute atomic E-state index is 5.65. The van der Waals surface area contributed by atoms with Crippen LogP contribution in [0.5, 0.6) is 5.75 Å². The summed E-state index contributed by atoms with van der Waals surface area (Å²) in [7, 11) is 0. The van der Waals surface area contributed by atoms with E-state index >= 15 is 0 Å². The van der Waals surface area contributed by atoms with Gasteiger partial charge in [-0.05, 0) is 18.1 Å². The van der Waals surface area contributed by atoms with E-state index in [9.17, 15) is 0 Å². The van der Waals surface area contributed by atoms with Crippen molar-refractivity contribution in [3.05, 3.63) is 29.8 Å². The molecule has 0 saturated heterocycles. The molecule has 0 heterocycles. The number of nitrogens with two attached hydrogens (primary N) is 1. The molecule has 80 valence electrons. The molecule has 1 aromatic rings. The van der Waals surface area contributed by atoms with E-state index in [1.807, 2.05) is 24.3 Å². The zero-order chi connectivity index (χ0) is 11.1. The number of ether oxygens (including phenoxy) is 1. The Hall–Kier alpha value is -1.46. The highest BCUT2D eigenvalue weighted by Crippen LogP contribution is 2.17. The van der Waals surface area contributed by atoms with E-state index in [0.717, 1.165) is 11.3 Å². The molecule has 1 aromatic carbocycles. The second kappa shape index (κ2) is 6.10. The maximum atomic E-state index is 5.65. The van der Waals surface area contributed by atoms with E-state index in [1.54, 1.807) is 0 Å². The Balaban J connectivity index is 2.77. The van der Waals surface area contributed by atoms with Gasteiger partial charge >= 0.3 is 0 Å². The van der Waals surface area contributed by atoms with Gasteiger partial charge in [-0.3, -0.25) is 0 Å². The van der Waals surface area contributed by atoms with E-state index in [1.165, 1.54) is 0 Å². The molecule has 0 aliphatic rings. The van der Waals surface area contributed by atoms with Crippen molar-refractivity contribution in [2.24, 2.45) is 11.7 Å². The number of benzene rings is 1. The van der Waals surface area contributed by atoms with Gasteiger partial charge < -0.3 is 10.5 Å². The molecule has 0 radical (unpaired) electrons. The molecule has 2 heteroatoms. The summed E-state index contributed by atoms with van der Waals surface area (Å²) in [6.45, 7) is 5.32. The van der Waals surface area contributed by atoms with Gasteiger partial charge in [0.25, 0.3) is 0 Å². The summed E-state index contributed by atoms with van der Waals surface area (Å²) < 4.78 is 5.65. The summed E-state index contributed by atoms with van der Waals surface area (Å²) in [5, 5.41) is 0. The Kier molecular flexibility index (Phi) is 4.73. The number of para-hydroxylation sites is 1. The van der Waals surface area contributed by atoms with Crippen molar-refractivity contribution in [2.45, 2.75) is 13.8 Å². The summed E-state index contributed by atoms with van der Waals surface area (Å²) in [6, 6.07) is 7.77. The highest BCUT2D eigenvalue weighted by Gasteiger charge is 2.01. The van der Waals surface area contributed by atoms with Crippen LogP contribution in [0, 0.1) is 17.8 Å². The Labute approximate surface area is 91.4 Å². The molecule has 0 atom stereocenters. The van der Waals surface area contributed by atoms with Gasteiger partial charge in [0.2, 0.25) is 0 Å². The van der Waals surface area contributed by atoms with Crippen LogP contribution in [-0.4, -0.2) is 13.2 Å². The van der Waals surface area contributed by atoms with Gasteiger partial charge in [-0.1, -0.05) is 37.8 Å². The quantitative estimate of drug-likeness (QED) is 0.763. The standard InChI is InChI=1S/C13H17NO/c1-11(2)10-15-13-8-4-3-6-12(13)7-5-9-14/h3-4,6,8,11H,9-10,14H2,1-2H3. The third-order valence-corrected chi connectivity index (χ3v) is 1.78. The van der Waals surface area contributed by atoms with Gasteiger partial charge in [-0.2, -0.15) is 0 Å². The molecule has 0 aromatic heterocycles. The maximum Gasteiger partial charge on any atom is 0.134 e. The van der Waals surface area contributed by atoms with Gasteiger partial charge in [0.15, 0.2) is 0 Å². The Morgan fingerprint density at radius 2 is 2.07 bits per heavy atom. The average Bonchev–Trinajstić information content (AvgIpc) is 2.24. The lowest BCUT2D eigenvalue weighted by Gasteiger charge is -2.09. The van der Waals surface area contributed by atoms with Crippen molar-refractivity contribution in [1.82, 2.24) is 0 Å². The predicted octanol–water partition coefficient (Wildman–Crippen LogP) is 2.03. The van der Waals surface area contributed by atoms with Crippen LogP contribution in [0.15, 0.2) is 24.3 Å². The summed E-state index contributed by atoms with van der Waals surface area (Å²) in [5.41, 5.74) is 6.24. The summed E-state index contributed by atoms with van der Waals surface area (Å²) in [4.78, 5) is 0. The van der Waals surface area contributed by atoms with Gasteiger partial charge in [-0.25, -0.2) is 0 Å². The van der Waals surface area contributed by atoms with Crippen LogP contribution in [0.2, 0.25) is 0 Å². The van der Waals surface area contributed by atoms with Crippen LogP contribution in [0.4, 0.5) is 0 Å². The first-order valence-corrected chi connectivity index (χ1v) is 5.14. The molecule has 0 fully saturated rings. The molecule has 2 nitrogen and oxygen atoms in total. The molecule has 0 amide bonds. The van der Waals surface area contributed by atoms with Crippen molar-refractivity contribution in [3.63, 3.8) is 0 Å². The minimum absolute atomic E-state index is 0.374. The second-order valence-electron chi connectivity index (χ2n) is 3.71. The molecule has 0 saturated carbocycles. The first kappa shape index (κ1) is 11.6. The van der Waals surface area contributed by atoms with Crippen LogP contribution in [0.1, 0.15) is 19.4 Å². The fraction of sp³-hybridized carbons (Fsp3) is 0.385. The topological polar surface area (TPSA) is 35.2 Å². The largest absolute Gasteiger partial charge is 0.492 e. The Morgan fingerprint density at radius 1 is 1.33 bits per heavy atom. The highest BCUT2D eigenvalue weighted by molar-refractivity contribution is 5.45. The van der Waals surface area contributed by atoms with E-state index in [-0.39, 0.29) is 0 Å². The van der Waals surface area contributed by atoms with Gasteiger partial charge in [0.1, 0.15) is 5.75 Å². The number of rotatable bonds is 3. The van der Waals surface area contributed by atoms with Crippen LogP contribution >= 0.6 is 0 Å². The molecule has 15 heavy (non-hydrogen) atoms.